The van der Waals surface area contributed by atoms with Crippen molar-refractivity contribution >= 4 is 6.01 Å². The van der Waals surface area contributed by atoms with Gasteiger partial charge in [-0.05, 0) is 12.1 Å². The fourth-order valence-corrected chi connectivity index (χ4v) is 2.90. The van der Waals surface area contributed by atoms with Crippen LogP contribution in [0.4, 0.5) is 6.01 Å². The highest BCUT2D eigenvalue weighted by atomic mass is 16.4. The van der Waals surface area contributed by atoms with Gasteiger partial charge in [0.15, 0.2) is 5.82 Å². The molecule has 0 aromatic carbocycles. The third kappa shape index (κ3) is 3.45. The second-order valence-electron chi connectivity index (χ2n) is 5.85. The van der Waals surface area contributed by atoms with Crippen molar-refractivity contribution in [3.05, 3.63) is 53.4 Å². The number of aromatic nitrogens is 5. The highest BCUT2D eigenvalue weighted by Crippen LogP contribution is 2.13. The molecule has 3 aromatic heterocycles. The molecule has 1 saturated heterocycles. The number of nitrogens with zero attached hydrogens (tertiary/aromatic N) is 7. The predicted molar refractivity (Wildman–Crippen MR) is 90.8 cm³/mol. The summed E-state index contributed by atoms with van der Waals surface area (Å²) >= 11 is 0. The first kappa shape index (κ1) is 15.6. The lowest BCUT2D eigenvalue weighted by atomic mass is 10.3. The minimum atomic E-state index is -0.102. The second kappa shape index (κ2) is 6.89. The van der Waals surface area contributed by atoms with E-state index in [2.05, 4.69) is 25.0 Å². The Bertz CT molecular complexity index is 849. The van der Waals surface area contributed by atoms with Gasteiger partial charge in [0.25, 0.3) is 11.6 Å². The first-order valence-electron chi connectivity index (χ1n) is 8.24. The molecule has 1 aliphatic rings. The minimum Gasteiger partial charge on any atom is -0.432 e. The van der Waals surface area contributed by atoms with Gasteiger partial charge in [-0.1, -0.05) is 0 Å². The van der Waals surface area contributed by atoms with Crippen molar-refractivity contribution in [3.8, 4) is 5.82 Å². The molecule has 9 heteroatoms. The Kier molecular flexibility index (Phi) is 4.30. The van der Waals surface area contributed by atoms with Crippen LogP contribution in [-0.4, -0.2) is 62.2 Å². The topological polar surface area (TPSA) is 85.2 Å². The van der Waals surface area contributed by atoms with Crippen molar-refractivity contribution in [2.24, 2.45) is 0 Å². The summed E-state index contributed by atoms with van der Waals surface area (Å²) in [7, 11) is 0. The Hall–Kier alpha value is -2.94. The Labute approximate surface area is 144 Å². The van der Waals surface area contributed by atoms with Gasteiger partial charge in [0.05, 0.1) is 12.7 Å². The number of oxazole rings is 1. The minimum absolute atomic E-state index is 0.102. The average Bonchev–Trinajstić information content (AvgIpc) is 3.35. The largest absolute Gasteiger partial charge is 0.432 e. The summed E-state index contributed by atoms with van der Waals surface area (Å²) in [5, 5.41) is 8.55. The van der Waals surface area contributed by atoms with Crippen LogP contribution in [0, 0.1) is 0 Å². The molecule has 4 heterocycles. The second-order valence-corrected chi connectivity index (χ2v) is 5.85. The molecule has 130 valence electrons. The van der Waals surface area contributed by atoms with Crippen LogP contribution in [0.25, 0.3) is 5.82 Å². The molecule has 3 aromatic rings. The van der Waals surface area contributed by atoms with Crippen LogP contribution >= 0.6 is 0 Å². The quantitative estimate of drug-likeness (QED) is 0.657. The Morgan fingerprint density at radius 1 is 1.08 bits per heavy atom. The summed E-state index contributed by atoms with van der Waals surface area (Å²) in [6.07, 6.45) is 6.74. The van der Waals surface area contributed by atoms with E-state index in [0.29, 0.717) is 18.4 Å². The lowest BCUT2D eigenvalue weighted by molar-refractivity contribution is 0.238. The van der Waals surface area contributed by atoms with Crippen LogP contribution in [0.15, 0.2) is 52.3 Å². The fourth-order valence-electron chi connectivity index (χ4n) is 2.90. The zero-order valence-corrected chi connectivity index (χ0v) is 13.7. The summed E-state index contributed by atoms with van der Waals surface area (Å²) in [4.78, 5) is 20.7. The lowest BCUT2D eigenvalue weighted by Crippen LogP contribution is -2.47. The molecule has 0 saturated carbocycles. The SMILES string of the molecule is O=c1ccc(-n2cccn2)nn1CCN1CCN(c2ncco2)CC1. The van der Waals surface area contributed by atoms with Gasteiger partial charge in [0.1, 0.15) is 6.26 Å². The summed E-state index contributed by atoms with van der Waals surface area (Å²) in [6.45, 7) is 4.83. The van der Waals surface area contributed by atoms with Crippen LogP contribution in [0.2, 0.25) is 0 Å². The maximum Gasteiger partial charge on any atom is 0.297 e. The van der Waals surface area contributed by atoms with Crippen molar-refractivity contribution < 1.29 is 4.42 Å². The summed E-state index contributed by atoms with van der Waals surface area (Å²) < 4.78 is 8.48. The highest BCUT2D eigenvalue weighted by molar-refractivity contribution is 5.25. The van der Waals surface area contributed by atoms with Gasteiger partial charge in [-0.25, -0.2) is 14.3 Å². The number of piperazine rings is 1. The summed E-state index contributed by atoms with van der Waals surface area (Å²) in [5.41, 5.74) is -0.102. The van der Waals surface area contributed by atoms with Gasteiger partial charge in [-0.2, -0.15) is 5.10 Å². The van der Waals surface area contributed by atoms with E-state index >= 15 is 0 Å². The molecule has 0 radical (unpaired) electrons. The van der Waals surface area contributed by atoms with Crippen LogP contribution in [-0.2, 0) is 6.54 Å². The summed E-state index contributed by atoms with van der Waals surface area (Å²) in [5.74, 6) is 0.637. The smallest absolute Gasteiger partial charge is 0.297 e. The number of rotatable bonds is 5. The lowest BCUT2D eigenvalue weighted by Gasteiger charge is -2.33. The van der Waals surface area contributed by atoms with Crippen molar-refractivity contribution in [1.82, 2.24) is 29.4 Å². The molecule has 1 aliphatic heterocycles. The molecule has 4 rings (SSSR count). The molecule has 0 N–H and O–H groups in total. The number of anilines is 1. The van der Waals surface area contributed by atoms with Crippen LogP contribution in [0.3, 0.4) is 0 Å². The standard InChI is InChI=1S/C16H19N7O2/c24-15-3-2-14(22-6-1-4-18-22)19-23(15)12-9-20-7-10-21(11-8-20)16-17-5-13-25-16/h1-6,13H,7-12H2. The molecular formula is C16H19N7O2. The normalized spacial score (nSPS) is 15.6. The van der Waals surface area contributed by atoms with E-state index in [4.69, 9.17) is 4.42 Å². The molecule has 0 aliphatic carbocycles. The van der Waals surface area contributed by atoms with Gasteiger partial charge in [0, 0.05) is 51.2 Å². The molecule has 1 fully saturated rings. The van der Waals surface area contributed by atoms with Gasteiger partial charge < -0.3 is 9.32 Å². The molecule has 0 amide bonds. The van der Waals surface area contributed by atoms with Crippen molar-refractivity contribution in [2.75, 3.05) is 37.6 Å². The van der Waals surface area contributed by atoms with Crippen LogP contribution in [0.1, 0.15) is 0 Å². The molecule has 0 unspecified atom stereocenters. The van der Waals surface area contributed by atoms with E-state index in [1.807, 2.05) is 6.07 Å². The molecule has 25 heavy (non-hydrogen) atoms. The first-order valence-corrected chi connectivity index (χ1v) is 8.24. The molecule has 0 spiro atoms. The Morgan fingerprint density at radius 3 is 2.68 bits per heavy atom. The summed E-state index contributed by atoms with van der Waals surface area (Å²) in [6, 6.07) is 5.71. The third-order valence-electron chi connectivity index (χ3n) is 4.28. The first-order chi connectivity index (χ1) is 12.3. The van der Waals surface area contributed by atoms with Crippen molar-refractivity contribution in [1.29, 1.82) is 0 Å². The van der Waals surface area contributed by atoms with Crippen LogP contribution in [0.5, 0.6) is 0 Å². The molecule has 0 bridgehead atoms. The van der Waals surface area contributed by atoms with Gasteiger partial charge in [-0.3, -0.25) is 9.69 Å². The van der Waals surface area contributed by atoms with Crippen LogP contribution < -0.4 is 10.5 Å². The molecular weight excluding hydrogens is 322 g/mol. The van der Waals surface area contributed by atoms with E-state index in [9.17, 15) is 4.79 Å². The third-order valence-corrected chi connectivity index (χ3v) is 4.28. The number of hydrogen-bond donors (Lipinski definition) is 0. The Morgan fingerprint density at radius 2 is 1.96 bits per heavy atom. The zero-order chi connectivity index (χ0) is 17.1. The molecule has 9 nitrogen and oxygen atoms in total. The van der Waals surface area contributed by atoms with E-state index in [-0.39, 0.29) is 5.56 Å². The zero-order valence-electron chi connectivity index (χ0n) is 13.7. The maximum absolute atomic E-state index is 12.0. The van der Waals surface area contributed by atoms with Gasteiger partial charge >= 0.3 is 0 Å². The van der Waals surface area contributed by atoms with E-state index in [0.717, 1.165) is 32.7 Å². The maximum atomic E-state index is 12.0. The predicted octanol–water partition coefficient (Wildman–Crippen LogP) is 0.239. The van der Waals surface area contributed by atoms with Gasteiger partial charge in [0.2, 0.25) is 0 Å². The number of hydrogen-bond acceptors (Lipinski definition) is 7. The highest BCUT2D eigenvalue weighted by Gasteiger charge is 2.19. The van der Waals surface area contributed by atoms with E-state index < -0.39 is 0 Å². The van der Waals surface area contributed by atoms with Crippen molar-refractivity contribution in [3.63, 3.8) is 0 Å². The fraction of sp³-hybridized carbons (Fsp3) is 0.375. The Balaban J connectivity index is 1.36. The molecule has 0 atom stereocenters. The van der Waals surface area contributed by atoms with E-state index in [1.54, 1.807) is 35.6 Å². The van der Waals surface area contributed by atoms with Crippen molar-refractivity contribution in [2.45, 2.75) is 6.54 Å². The average molecular weight is 341 g/mol. The monoisotopic (exact) mass is 341 g/mol. The van der Waals surface area contributed by atoms with Gasteiger partial charge in [-0.15, -0.1) is 5.10 Å². The van der Waals surface area contributed by atoms with E-state index in [1.165, 1.54) is 10.7 Å².